The fourth-order valence-electron chi connectivity index (χ4n) is 7.74. The smallest absolute Gasteiger partial charge is 0.0812 e. The number of para-hydroxylation sites is 6. The zero-order valence-electron chi connectivity index (χ0n) is 35.2. The monoisotopic (exact) mass is 876 g/mol. The van der Waals surface area contributed by atoms with Crippen molar-refractivity contribution in [3.8, 4) is 0 Å². The number of fused-ring (bicyclic) bond motifs is 2. The normalized spacial score (nSPS) is 12.7. The number of hydrogen-bond acceptors (Lipinski definition) is 8. The van der Waals surface area contributed by atoms with E-state index in [2.05, 4.69) is 64.0 Å². The van der Waals surface area contributed by atoms with Crippen molar-refractivity contribution in [2.24, 2.45) is 10.2 Å². The number of hydrazone groups is 2. The van der Waals surface area contributed by atoms with Crippen molar-refractivity contribution in [2.45, 2.75) is 35.1 Å². The number of benzene rings is 7. The largest absolute Gasteiger partial charge is 0.390 e. The van der Waals surface area contributed by atoms with Gasteiger partial charge in [0.25, 0.3) is 0 Å². The first-order valence-electron chi connectivity index (χ1n) is 21.3. The van der Waals surface area contributed by atoms with Crippen LogP contribution in [0.5, 0.6) is 0 Å². The molecule has 0 fully saturated rings. The van der Waals surface area contributed by atoms with Crippen LogP contribution in [-0.4, -0.2) is 55.5 Å². The maximum absolute atomic E-state index is 11.3. The molecule has 0 bridgehead atoms. The third-order valence-corrected chi connectivity index (χ3v) is 13.0. The summed E-state index contributed by atoms with van der Waals surface area (Å²) in [5, 5.41) is 38.6. The molecule has 0 spiro atoms. The molecule has 0 amide bonds. The van der Waals surface area contributed by atoms with Gasteiger partial charge in [0.2, 0.25) is 0 Å². The SMILES string of the molecule is OC(CSc1cccc(SCC(O)Cn2cc(/C=N/N(c3ccccc3)c3ccccc3)c3ccccc32)c1)Cn1cc(/C=N/N(c2ccccc2)c2ccccc2)c2ccccc21. The third-order valence-electron chi connectivity index (χ3n) is 10.8. The lowest BCUT2D eigenvalue weighted by Gasteiger charge is -2.19. The fraction of sp³-hybridized carbons (Fsp3) is 0.111. The predicted octanol–water partition coefficient (Wildman–Crippen LogP) is 12.2. The summed E-state index contributed by atoms with van der Waals surface area (Å²) in [5.74, 6) is 1.06. The quantitative estimate of drug-likeness (QED) is 0.0508. The highest BCUT2D eigenvalue weighted by Gasteiger charge is 2.16. The zero-order valence-corrected chi connectivity index (χ0v) is 36.8. The summed E-state index contributed by atoms with van der Waals surface area (Å²) in [6.07, 6.45) is 6.80. The number of aliphatic hydroxyl groups excluding tert-OH is 2. The van der Waals surface area contributed by atoms with Crippen molar-refractivity contribution in [1.82, 2.24) is 9.13 Å². The standard InChI is InChI=1S/C54H48N6O2S2/c61-47(37-57-35-41(51-28-13-15-30-53(51)57)33-55-59(43-18-5-1-6-19-43)44-20-7-2-8-21-44)39-63-49-26-17-27-50(32-49)64-40-48(62)38-58-36-42(52-29-14-16-31-54(52)58)34-56-60(45-22-9-3-10-23-45)46-24-11-4-12-25-46/h1-36,47-48,61-62H,37-40H2/b55-33+,56-34+. The summed E-state index contributed by atoms with van der Waals surface area (Å²) in [5.41, 5.74) is 7.93. The Bertz CT molecular complexity index is 2680. The van der Waals surface area contributed by atoms with Gasteiger partial charge in [-0.2, -0.15) is 10.2 Å². The number of anilines is 4. The molecule has 7 aromatic carbocycles. The van der Waals surface area contributed by atoms with Crippen LogP contribution in [-0.2, 0) is 13.1 Å². The van der Waals surface area contributed by atoms with Crippen molar-refractivity contribution < 1.29 is 10.2 Å². The summed E-state index contributed by atoms with van der Waals surface area (Å²) in [6, 6.07) is 65.4. The third kappa shape index (κ3) is 10.3. The van der Waals surface area contributed by atoms with E-state index >= 15 is 0 Å². The van der Waals surface area contributed by atoms with Crippen molar-refractivity contribution in [3.05, 3.63) is 218 Å². The summed E-state index contributed by atoms with van der Waals surface area (Å²) < 4.78 is 4.25. The maximum atomic E-state index is 11.3. The van der Waals surface area contributed by atoms with Gasteiger partial charge in [-0.05, 0) is 78.9 Å². The van der Waals surface area contributed by atoms with Crippen LogP contribution in [0.1, 0.15) is 11.1 Å². The molecule has 0 aliphatic carbocycles. The first-order valence-corrected chi connectivity index (χ1v) is 23.3. The highest BCUT2D eigenvalue weighted by Crippen LogP contribution is 2.30. The van der Waals surface area contributed by atoms with Crippen LogP contribution < -0.4 is 10.0 Å². The highest BCUT2D eigenvalue weighted by atomic mass is 32.2. The van der Waals surface area contributed by atoms with Crippen molar-refractivity contribution >= 4 is 80.5 Å². The summed E-state index contributed by atoms with van der Waals surface area (Å²) in [6.45, 7) is 0.895. The molecule has 318 valence electrons. The van der Waals surface area contributed by atoms with Crippen molar-refractivity contribution in [2.75, 3.05) is 21.5 Å². The number of nitrogens with zero attached hydrogens (tertiary/aromatic N) is 6. The van der Waals surface area contributed by atoms with Crippen LogP contribution in [0.25, 0.3) is 21.8 Å². The molecular formula is C54H48N6O2S2. The molecule has 2 aromatic heterocycles. The van der Waals surface area contributed by atoms with Gasteiger partial charge >= 0.3 is 0 Å². The number of hydrogen-bond donors (Lipinski definition) is 2. The first-order chi connectivity index (χ1) is 31.6. The number of aromatic nitrogens is 2. The fourth-order valence-corrected chi connectivity index (χ4v) is 9.56. The molecule has 0 aliphatic heterocycles. The van der Waals surface area contributed by atoms with Gasteiger partial charge in [-0.25, -0.2) is 10.0 Å². The predicted molar refractivity (Wildman–Crippen MR) is 269 cm³/mol. The van der Waals surface area contributed by atoms with Gasteiger partial charge in [0.05, 0.1) is 47.4 Å². The Labute approximate surface area is 382 Å². The van der Waals surface area contributed by atoms with E-state index in [-0.39, 0.29) is 0 Å². The van der Waals surface area contributed by atoms with E-state index in [1.165, 1.54) is 0 Å². The van der Waals surface area contributed by atoms with Crippen molar-refractivity contribution in [3.63, 3.8) is 0 Å². The minimum absolute atomic E-state index is 0.447. The minimum Gasteiger partial charge on any atom is -0.390 e. The van der Waals surface area contributed by atoms with Crippen LogP contribution in [0.3, 0.4) is 0 Å². The molecule has 2 N–H and O–H groups in total. The Morgan fingerprint density at radius 1 is 0.438 bits per heavy atom. The first kappa shape index (κ1) is 42.5. The second kappa shape index (κ2) is 20.6. The molecule has 0 radical (unpaired) electrons. The van der Waals surface area contributed by atoms with Gasteiger partial charge in [0.15, 0.2) is 0 Å². The average molecular weight is 877 g/mol. The Hall–Kier alpha value is -6.82. The molecular weight excluding hydrogens is 829 g/mol. The molecule has 10 heteroatoms. The summed E-state index contributed by atoms with van der Waals surface area (Å²) >= 11 is 3.27. The second-order valence-electron chi connectivity index (χ2n) is 15.4. The van der Waals surface area contributed by atoms with E-state index in [1.54, 1.807) is 23.5 Å². The lowest BCUT2D eigenvalue weighted by Crippen LogP contribution is -2.18. The molecule has 0 saturated heterocycles. The number of aliphatic hydroxyl groups is 2. The van der Waals surface area contributed by atoms with E-state index in [1.807, 2.05) is 174 Å². The molecule has 2 unspecified atom stereocenters. The van der Waals surface area contributed by atoms with E-state index in [4.69, 9.17) is 10.2 Å². The molecule has 2 heterocycles. The lowest BCUT2D eigenvalue weighted by atomic mass is 10.2. The van der Waals surface area contributed by atoms with Gasteiger partial charge in [0.1, 0.15) is 0 Å². The number of rotatable bonds is 18. The Balaban J connectivity index is 0.823. The zero-order chi connectivity index (χ0) is 43.5. The van der Waals surface area contributed by atoms with Crippen LogP contribution in [0.15, 0.2) is 227 Å². The number of thioether (sulfide) groups is 2. The van der Waals surface area contributed by atoms with E-state index in [0.29, 0.717) is 24.6 Å². The molecule has 0 aliphatic rings. The average Bonchev–Trinajstić information content (AvgIpc) is 3.88. The second-order valence-corrected chi connectivity index (χ2v) is 17.6. The Kier molecular flexibility index (Phi) is 13.7. The molecule has 8 nitrogen and oxygen atoms in total. The van der Waals surface area contributed by atoms with Gasteiger partial charge in [-0.15, -0.1) is 23.5 Å². The highest BCUT2D eigenvalue weighted by molar-refractivity contribution is 8.00. The molecule has 2 atom stereocenters. The summed E-state index contributed by atoms with van der Waals surface area (Å²) in [7, 11) is 0. The summed E-state index contributed by atoms with van der Waals surface area (Å²) in [4.78, 5) is 2.15. The van der Waals surface area contributed by atoms with Crippen LogP contribution in [0.4, 0.5) is 22.7 Å². The van der Waals surface area contributed by atoms with Crippen molar-refractivity contribution in [1.29, 1.82) is 0 Å². The van der Waals surface area contributed by atoms with Gasteiger partial charge < -0.3 is 19.3 Å². The molecule has 9 rings (SSSR count). The topological polar surface area (TPSA) is 81.5 Å². The van der Waals surface area contributed by atoms with E-state index in [9.17, 15) is 10.2 Å². The lowest BCUT2D eigenvalue weighted by molar-refractivity contribution is 0.179. The Morgan fingerprint density at radius 2 is 0.781 bits per heavy atom. The van der Waals surface area contributed by atoms with E-state index < -0.39 is 12.2 Å². The van der Waals surface area contributed by atoms with Gasteiger partial charge in [0, 0.05) is 79.7 Å². The van der Waals surface area contributed by atoms with Gasteiger partial charge in [-0.1, -0.05) is 115 Å². The minimum atomic E-state index is -0.583. The van der Waals surface area contributed by atoms with Crippen LogP contribution in [0, 0.1) is 0 Å². The van der Waals surface area contributed by atoms with Crippen LogP contribution in [0.2, 0.25) is 0 Å². The molecule has 9 aromatic rings. The maximum Gasteiger partial charge on any atom is 0.0812 e. The molecule has 64 heavy (non-hydrogen) atoms. The van der Waals surface area contributed by atoms with E-state index in [0.717, 1.165) is 65.5 Å². The molecule has 0 saturated carbocycles. The van der Waals surface area contributed by atoms with Crippen LogP contribution >= 0.6 is 23.5 Å². The van der Waals surface area contributed by atoms with Gasteiger partial charge in [-0.3, -0.25) is 0 Å². The Morgan fingerprint density at radius 3 is 1.16 bits per heavy atom.